The van der Waals surface area contributed by atoms with Gasteiger partial charge in [-0.15, -0.1) is 0 Å². The minimum absolute atomic E-state index is 0.271. The molecule has 0 aliphatic rings. The molecule has 112 valence electrons. The van der Waals surface area contributed by atoms with Crippen molar-refractivity contribution in [3.8, 4) is 0 Å². The minimum atomic E-state index is 0.271. The molecule has 0 aliphatic carbocycles. The molecule has 2 heterocycles. The Labute approximate surface area is 133 Å². The summed E-state index contributed by atoms with van der Waals surface area (Å²) in [5, 5.41) is 3.52. The number of nitrogens with zero attached hydrogens (tertiary/aromatic N) is 4. The molecule has 0 amide bonds. The van der Waals surface area contributed by atoms with Crippen molar-refractivity contribution in [2.75, 3.05) is 11.1 Å². The fraction of sp³-hybridized carbons (Fsp3) is 0.133. The van der Waals surface area contributed by atoms with E-state index in [-0.39, 0.29) is 5.82 Å². The summed E-state index contributed by atoms with van der Waals surface area (Å²) in [6.07, 6.45) is 6.90. The van der Waals surface area contributed by atoms with Crippen LogP contribution in [0.2, 0.25) is 5.02 Å². The fourth-order valence-electron chi connectivity index (χ4n) is 2.12. The predicted octanol–water partition coefficient (Wildman–Crippen LogP) is 2.57. The first kappa shape index (κ1) is 14.3. The lowest BCUT2D eigenvalue weighted by atomic mass is 10.1. The van der Waals surface area contributed by atoms with Crippen LogP contribution in [0.5, 0.6) is 0 Å². The van der Waals surface area contributed by atoms with Crippen molar-refractivity contribution in [1.29, 1.82) is 0 Å². The number of rotatable bonds is 5. The van der Waals surface area contributed by atoms with Crippen molar-refractivity contribution in [2.45, 2.75) is 13.1 Å². The van der Waals surface area contributed by atoms with Crippen LogP contribution in [0.4, 0.5) is 11.6 Å². The zero-order chi connectivity index (χ0) is 15.4. The molecule has 3 N–H and O–H groups in total. The second-order valence-corrected chi connectivity index (χ2v) is 5.21. The quantitative estimate of drug-likeness (QED) is 0.756. The minimum Gasteiger partial charge on any atom is -0.382 e. The van der Waals surface area contributed by atoms with Crippen LogP contribution in [0, 0.1) is 0 Å². The summed E-state index contributed by atoms with van der Waals surface area (Å²) in [5.74, 6) is 0.808. The average Bonchev–Trinajstić information content (AvgIpc) is 3.02. The van der Waals surface area contributed by atoms with E-state index in [0.29, 0.717) is 17.4 Å². The molecule has 0 atom stereocenters. The molecular formula is C15H15ClN6. The van der Waals surface area contributed by atoms with Gasteiger partial charge in [-0.1, -0.05) is 35.9 Å². The molecule has 7 heteroatoms. The molecule has 0 spiro atoms. The Hall–Kier alpha value is -2.60. The van der Waals surface area contributed by atoms with E-state index in [1.165, 1.54) is 11.9 Å². The maximum absolute atomic E-state index is 6.06. The Morgan fingerprint density at radius 2 is 2.09 bits per heavy atom. The molecule has 0 bridgehead atoms. The highest BCUT2D eigenvalue weighted by molar-refractivity contribution is 6.35. The Bertz CT molecular complexity index is 756. The van der Waals surface area contributed by atoms with Crippen molar-refractivity contribution < 1.29 is 0 Å². The summed E-state index contributed by atoms with van der Waals surface area (Å²) in [5.41, 5.74) is 7.99. The third kappa shape index (κ3) is 3.35. The molecule has 3 aromatic rings. The summed E-state index contributed by atoms with van der Waals surface area (Å²) in [6.45, 7) is 1.39. The monoisotopic (exact) mass is 314 g/mol. The molecule has 0 aliphatic heterocycles. The van der Waals surface area contributed by atoms with Gasteiger partial charge in [0.15, 0.2) is 5.82 Å². The third-order valence-corrected chi connectivity index (χ3v) is 3.56. The normalized spacial score (nSPS) is 10.6. The van der Waals surface area contributed by atoms with Crippen LogP contribution in [0.1, 0.15) is 11.1 Å². The highest BCUT2D eigenvalue weighted by atomic mass is 35.5. The van der Waals surface area contributed by atoms with Crippen molar-refractivity contribution in [3.63, 3.8) is 0 Å². The average molecular weight is 315 g/mol. The number of nitrogens with two attached hydrogens (primary N) is 1. The van der Waals surface area contributed by atoms with Gasteiger partial charge in [0.25, 0.3) is 0 Å². The van der Waals surface area contributed by atoms with Gasteiger partial charge >= 0.3 is 0 Å². The molecule has 1 aromatic carbocycles. The smallest absolute Gasteiger partial charge is 0.150 e. The van der Waals surface area contributed by atoms with Gasteiger partial charge in [0.05, 0.1) is 6.33 Å². The fourth-order valence-corrected chi connectivity index (χ4v) is 2.29. The Kier molecular flexibility index (Phi) is 4.20. The number of nitrogens with one attached hydrogen (secondary N) is 1. The molecule has 0 saturated heterocycles. The van der Waals surface area contributed by atoms with Crippen LogP contribution < -0.4 is 11.1 Å². The van der Waals surface area contributed by atoms with Gasteiger partial charge in [0.2, 0.25) is 0 Å². The van der Waals surface area contributed by atoms with Crippen molar-refractivity contribution in [2.24, 2.45) is 0 Å². The lowest BCUT2D eigenvalue weighted by Gasteiger charge is -2.09. The van der Waals surface area contributed by atoms with Gasteiger partial charge in [0, 0.05) is 25.5 Å². The molecule has 0 radical (unpaired) electrons. The van der Waals surface area contributed by atoms with Crippen molar-refractivity contribution in [1.82, 2.24) is 19.5 Å². The number of aromatic nitrogens is 4. The Morgan fingerprint density at radius 3 is 2.91 bits per heavy atom. The number of anilines is 2. The SMILES string of the molecule is Nc1ncnc(NCc2cccc(Cn3ccnc3)c2)c1Cl. The van der Waals surface area contributed by atoms with E-state index < -0.39 is 0 Å². The summed E-state index contributed by atoms with van der Waals surface area (Å²) in [7, 11) is 0. The van der Waals surface area contributed by atoms with E-state index in [9.17, 15) is 0 Å². The summed E-state index contributed by atoms with van der Waals surface area (Å²) < 4.78 is 2.02. The molecule has 2 aromatic heterocycles. The number of benzene rings is 1. The van der Waals surface area contributed by atoms with E-state index in [1.807, 2.05) is 22.9 Å². The molecular weight excluding hydrogens is 300 g/mol. The topological polar surface area (TPSA) is 81.6 Å². The maximum Gasteiger partial charge on any atom is 0.150 e. The van der Waals surface area contributed by atoms with Crippen LogP contribution in [-0.4, -0.2) is 19.5 Å². The molecule has 3 rings (SSSR count). The molecule has 0 fully saturated rings. The van der Waals surface area contributed by atoms with E-state index in [1.54, 1.807) is 12.5 Å². The summed E-state index contributed by atoms with van der Waals surface area (Å²) in [4.78, 5) is 12.0. The first-order valence-corrected chi connectivity index (χ1v) is 7.13. The highest BCUT2D eigenvalue weighted by Crippen LogP contribution is 2.23. The second kappa shape index (κ2) is 6.44. The van der Waals surface area contributed by atoms with E-state index >= 15 is 0 Å². The zero-order valence-electron chi connectivity index (χ0n) is 11.8. The van der Waals surface area contributed by atoms with Gasteiger partial charge in [0.1, 0.15) is 17.2 Å². The van der Waals surface area contributed by atoms with E-state index in [4.69, 9.17) is 17.3 Å². The van der Waals surface area contributed by atoms with Gasteiger partial charge in [-0.05, 0) is 11.1 Å². The maximum atomic E-state index is 6.06. The number of hydrogen-bond acceptors (Lipinski definition) is 5. The molecule has 22 heavy (non-hydrogen) atoms. The highest BCUT2D eigenvalue weighted by Gasteiger charge is 2.06. The van der Waals surface area contributed by atoms with Gasteiger partial charge in [-0.2, -0.15) is 0 Å². The van der Waals surface area contributed by atoms with Crippen LogP contribution in [0.15, 0.2) is 49.3 Å². The Balaban J connectivity index is 1.69. The first-order chi connectivity index (χ1) is 10.7. The van der Waals surface area contributed by atoms with E-state index in [2.05, 4.69) is 32.4 Å². The summed E-state index contributed by atoms with van der Waals surface area (Å²) in [6, 6.07) is 8.28. The van der Waals surface area contributed by atoms with E-state index in [0.717, 1.165) is 12.1 Å². The second-order valence-electron chi connectivity index (χ2n) is 4.83. The first-order valence-electron chi connectivity index (χ1n) is 6.76. The zero-order valence-corrected chi connectivity index (χ0v) is 12.5. The van der Waals surface area contributed by atoms with Crippen LogP contribution in [0.3, 0.4) is 0 Å². The number of halogens is 1. The van der Waals surface area contributed by atoms with Crippen molar-refractivity contribution in [3.05, 3.63) is 65.5 Å². The summed E-state index contributed by atoms with van der Waals surface area (Å²) >= 11 is 6.06. The largest absolute Gasteiger partial charge is 0.382 e. The van der Waals surface area contributed by atoms with Gasteiger partial charge in [-0.3, -0.25) is 0 Å². The van der Waals surface area contributed by atoms with Crippen molar-refractivity contribution >= 4 is 23.2 Å². The lowest BCUT2D eigenvalue weighted by molar-refractivity contribution is 0.796. The third-order valence-electron chi connectivity index (χ3n) is 3.19. The number of imidazole rings is 1. The predicted molar refractivity (Wildman–Crippen MR) is 86.6 cm³/mol. The number of nitrogen functional groups attached to an aromatic ring is 1. The van der Waals surface area contributed by atoms with Crippen LogP contribution in [-0.2, 0) is 13.1 Å². The number of hydrogen-bond donors (Lipinski definition) is 2. The molecule has 6 nitrogen and oxygen atoms in total. The standard InChI is InChI=1S/C15H15ClN6/c16-13-14(17)20-9-21-15(13)19-7-11-2-1-3-12(6-11)8-22-5-4-18-10-22/h1-6,9-10H,7-8H2,(H3,17,19,20,21). The van der Waals surface area contributed by atoms with Crippen LogP contribution >= 0.6 is 11.6 Å². The lowest BCUT2D eigenvalue weighted by Crippen LogP contribution is -2.05. The van der Waals surface area contributed by atoms with Gasteiger partial charge < -0.3 is 15.6 Å². The molecule has 0 unspecified atom stereocenters. The molecule has 0 saturated carbocycles. The van der Waals surface area contributed by atoms with Crippen LogP contribution in [0.25, 0.3) is 0 Å². The Morgan fingerprint density at radius 1 is 1.23 bits per heavy atom. The van der Waals surface area contributed by atoms with Gasteiger partial charge in [-0.25, -0.2) is 15.0 Å².